The van der Waals surface area contributed by atoms with Gasteiger partial charge in [0.05, 0.1) is 25.4 Å². The van der Waals surface area contributed by atoms with Crippen molar-refractivity contribution in [2.75, 3.05) is 13.2 Å². The van der Waals surface area contributed by atoms with Gasteiger partial charge in [0.25, 0.3) is 0 Å². The number of carbonyl (C=O) groups is 2. The number of allylic oxidation sites excluding steroid dienone is 5. The molecule has 0 spiro atoms. The molecular weight excluding hydrogens is 1010 g/mol. The van der Waals surface area contributed by atoms with E-state index < -0.39 is 12.1 Å². The molecule has 0 bridgehead atoms. The van der Waals surface area contributed by atoms with E-state index in [4.69, 9.17) is 4.74 Å². The summed E-state index contributed by atoms with van der Waals surface area (Å²) in [4.78, 5) is 24.6. The minimum atomic E-state index is -0.841. The van der Waals surface area contributed by atoms with Gasteiger partial charge in [-0.2, -0.15) is 0 Å². The maximum Gasteiger partial charge on any atom is 0.305 e. The van der Waals surface area contributed by atoms with E-state index in [9.17, 15) is 19.8 Å². The number of amides is 1. The smallest absolute Gasteiger partial charge is 0.305 e. The van der Waals surface area contributed by atoms with Crippen molar-refractivity contribution in [3.63, 3.8) is 0 Å². The maximum atomic E-state index is 12.5. The Labute approximate surface area is 513 Å². The van der Waals surface area contributed by atoms with E-state index in [2.05, 4.69) is 43.5 Å². The Morgan fingerprint density at radius 3 is 0.939 bits per heavy atom. The van der Waals surface area contributed by atoms with Crippen LogP contribution in [-0.2, 0) is 14.3 Å². The molecule has 2 atom stereocenters. The summed E-state index contributed by atoms with van der Waals surface area (Å²) >= 11 is 0. The lowest BCUT2D eigenvalue weighted by molar-refractivity contribution is -0.143. The number of carbonyl (C=O) groups excluding carboxylic acids is 2. The third-order valence-corrected chi connectivity index (χ3v) is 17.4. The molecule has 0 saturated carbocycles. The summed E-state index contributed by atoms with van der Waals surface area (Å²) in [6.45, 7) is 4.92. The number of hydrogen-bond donors (Lipinski definition) is 3. The highest BCUT2D eigenvalue weighted by Crippen LogP contribution is 2.19. The SMILES string of the molecule is CCCCCC/C=C\C/C=C\CCCCCCCC(=O)OCCCCCCCCCCCCCCCCCCCCCCCCCCCCCCCCCCCC(=O)NC(CO)C(O)/C=C/CCCCCCCCCCCCCCCC. The molecule has 0 aromatic carbocycles. The van der Waals surface area contributed by atoms with Gasteiger partial charge in [0.15, 0.2) is 0 Å². The molecule has 0 heterocycles. The van der Waals surface area contributed by atoms with Crippen LogP contribution in [0.1, 0.15) is 412 Å². The first-order chi connectivity index (χ1) is 40.5. The highest BCUT2D eigenvalue weighted by Gasteiger charge is 2.18. The Morgan fingerprint density at radius 2 is 0.610 bits per heavy atom. The van der Waals surface area contributed by atoms with Crippen molar-refractivity contribution in [2.45, 2.75) is 424 Å². The van der Waals surface area contributed by atoms with Crippen LogP contribution < -0.4 is 5.32 Å². The van der Waals surface area contributed by atoms with Crippen LogP contribution in [0.2, 0.25) is 0 Å². The predicted octanol–water partition coefficient (Wildman–Crippen LogP) is 24.3. The molecule has 3 N–H and O–H groups in total. The molecule has 0 aromatic heterocycles. The number of hydrogen-bond acceptors (Lipinski definition) is 5. The Bertz CT molecular complexity index is 1330. The summed E-state index contributed by atoms with van der Waals surface area (Å²) < 4.78 is 5.50. The molecule has 0 aliphatic heterocycles. The van der Waals surface area contributed by atoms with Crippen LogP contribution >= 0.6 is 0 Å². The fourth-order valence-corrected chi connectivity index (χ4v) is 11.7. The fourth-order valence-electron chi connectivity index (χ4n) is 11.7. The van der Waals surface area contributed by atoms with Crippen LogP contribution in [0.25, 0.3) is 0 Å². The predicted molar refractivity (Wildman–Crippen MR) is 361 cm³/mol. The lowest BCUT2D eigenvalue weighted by Crippen LogP contribution is -2.45. The van der Waals surface area contributed by atoms with E-state index in [-0.39, 0.29) is 18.5 Å². The van der Waals surface area contributed by atoms with Crippen molar-refractivity contribution in [3.05, 3.63) is 36.5 Å². The Hall–Kier alpha value is -1.92. The molecule has 6 heteroatoms. The molecule has 484 valence electrons. The summed E-state index contributed by atoms with van der Waals surface area (Å²) in [5, 5.41) is 23.2. The number of unbranched alkanes of at least 4 members (excludes halogenated alkanes) is 55. The van der Waals surface area contributed by atoms with E-state index in [1.54, 1.807) is 6.08 Å². The molecule has 0 rings (SSSR count). The minimum Gasteiger partial charge on any atom is -0.466 e. The average Bonchev–Trinajstić information content (AvgIpc) is 3.48. The van der Waals surface area contributed by atoms with Crippen LogP contribution in [0.4, 0.5) is 0 Å². The summed E-state index contributed by atoms with van der Waals surface area (Å²) in [7, 11) is 0. The van der Waals surface area contributed by atoms with Crippen LogP contribution in [-0.4, -0.2) is 47.4 Å². The van der Waals surface area contributed by atoms with E-state index in [1.807, 2.05) is 6.08 Å². The third-order valence-electron chi connectivity index (χ3n) is 17.4. The monoisotopic (exact) mass is 1150 g/mol. The summed E-state index contributed by atoms with van der Waals surface area (Å²) in [5.41, 5.74) is 0. The lowest BCUT2D eigenvalue weighted by Gasteiger charge is -2.20. The number of ether oxygens (including phenoxy) is 1. The van der Waals surface area contributed by atoms with Gasteiger partial charge in [-0.05, 0) is 64.2 Å². The second-order valence-corrected chi connectivity index (χ2v) is 25.6. The number of aliphatic hydroxyl groups is 2. The summed E-state index contributed by atoms with van der Waals surface area (Å²) in [6, 6.07) is -0.624. The Balaban J connectivity index is 3.33. The standard InChI is InChI=1S/C76H145NO5/c1-3-5-7-9-11-13-15-17-19-40-44-48-52-56-60-64-68-74(79)73(72-78)77-75(80)69-65-61-57-53-49-45-41-38-36-34-32-30-28-26-24-22-21-23-25-27-29-31-33-35-37-39-43-47-51-55-59-63-67-71-82-76(81)70-66-62-58-54-50-46-42-20-18-16-14-12-10-8-6-4-2/h14,16,20,42,64,68,73-74,78-79H,3-13,15,17-19,21-41,43-63,65-67,69-72H2,1-2H3,(H,77,80)/b16-14-,42-20-,68-64+. The molecule has 0 aliphatic carbocycles. The Kier molecular flexibility index (Phi) is 69.9. The van der Waals surface area contributed by atoms with Crippen molar-refractivity contribution >= 4 is 11.9 Å². The first-order valence-electron chi connectivity index (χ1n) is 37.3. The number of nitrogens with one attached hydrogen (secondary N) is 1. The van der Waals surface area contributed by atoms with Crippen LogP contribution in [0.3, 0.4) is 0 Å². The first-order valence-corrected chi connectivity index (χ1v) is 37.3. The molecule has 6 nitrogen and oxygen atoms in total. The largest absolute Gasteiger partial charge is 0.466 e. The zero-order chi connectivity index (χ0) is 59.2. The van der Waals surface area contributed by atoms with Crippen LogP contribution in [0, 0.1) is 0 Å². The second-order valence-electron chi connectivity index (χ2n) is 25.6. The molecule has 0 aromatic rings. The topological polar surface area (TPSA) is 95.9 Å². The maximum absolute atomic E-state index is 12.5. The van der Waals surface area contributed by atoms with Crippen molar-refractivity contribution in [2.24, 2.45) is 0 Å². The van der Waals surface area contributed by atoms with Gasteiger partial charge < -0.3 is 20.3 Å². The lowest BCUT2D eigenvalue weighted by atomic mass is 10.0. The van der Waals surface area contributed by atoms with Gasteiger partial charge in [-0.3, -0.25) is 9.59 Å². The van der Waals surface area contributed by atoms with Gasteiger partial charge in [-0.1, -0.05) is 371 Å². The Morgan fingerprint density at radius 1 is 0.341 bits per heavy atom. The van der Waals surface area contributed by atoms with E-state index >= 15 is 0 Å². The molecule has 0 saturated heterocycles. The zero-order valence-corrected chi connectivity index (χ0v) is 55.5. The van der Waals surface area contributed by atoms with Gasteiger partial charge in [-0.15, -0.1) is 0 Å². The van der Waals surface area contributed by atoms with Crippen molar-refractivity contribution < 1.29 is 24.5 Å². The van der Waals surface area contributed by atoms with Crippen molar-refractivity contribution in [3.8, 4) is 0 Å². The molecular formula is C76H145NO5. The van der Waals surface area contributed by atoms with Gasteiger partial charge >= 0.3 is 5.97 Å². The number of aliphatic hydroxyl groups excluding tert-OH is 2. The molecule has 2 unspecified atom stereocenters. The van der Waals surface area contributed by atoms with E-state index in [1.165, 1.54) is 334 Å². The quantitative estimate of drug-likeness (QED) is 0.0320. The summed E-state index contributed by atoms with van der Waals surface area (Å²) in [5.74, 6) is -0.0520. The first kappa shape index (κ1) is 80.1. The van der Waals surface area contributed by atoms with Gasteiger partial charge in [0, 0.05) is 12.8 Å². The van der Waals surface area contributed by atoms with Crippen LogP contribution in [0.5, 0.6) is 0 Å². The minimum absolute atomic E-state index is 0.00839. The highest BCUT2D eigenvalue weighted by molar-refractivity contribution is 5.76. The van der Waals surface area contributed by atoms with Gasteiger partial charge in [0.2, 0.25) is 5.91 Å². The zero-order valence-electron chi connectivity index (χ0n) is 55.5. The van der Waals surface area contributed by atoms with E-state index in [0.717, 1.165) is 51.4 Å². The molecule has 0 radical (unpaired) electrons. The third kappa shape index (κ3) is 67.2. The fraction of sp³-hybridized carbons (Fsp3) is 0.895. The second kappa shape index (κ2) is 71.6. The number of rotatable bonds is 70. The van der Waals surface area contributed by atoms with E-state index in [0.29, 0.717) is 19.4 Å². The number of esters is 1. The molecule has 0 aliphatic rings. The van der Waals surface area contributed by atoms with Gasteiger partial charge in [-0.25, -0.2) is 0 Å². The van der Waals surface area contributed by atoms with Gasteiger partial charge in [0.1, 0.15) is 0 Å². The van der Waals surface area contributed by atoms with Crippen LogP contribution in [0.15, 0.2) is 36.5 Å². The summed E-state index contributed by atoms with van der Waals surface area (Å²) in [6.07, 6.45) is 92.5. The van der Waals surface area contributed by atoms with Crippen molar-refractivity contribution in [1.29, 1.82) is 0 Å². The highest BCUT2D eigenvalue weighted by atomic mass is 16.5. The average molecular weight is 1150 g/mol. The normalized spacial score (nSPS) is 12.7. The van der Waals surface area contributed by atoms with Crippen molar-refractivity contribution in [1.82, 2.24) is 5.32 Å². The molecule has 0 fully saturated rings. The molecule has 1 amide bonds. The molecule has 82 heavy (non-hydrogen) atoms.